The number of aromatic nitrogens is 2. The van der Waals surface area contributed by atoms with Crippen LogP contribution in [0.2, 0.25) is 0 Å². The molecule has 1 aliphatic rings. The number of nitrogens with zero attached hydrogens (tertiary/aromatic N) is 3. The van der Waals surface area contributed by atoms with Crippen molar-refractivity contribution in [3.8, 4) is 0 Å². The number of nitrogens with one attached hydrogen (secondary N) is 1. The second kappa shape index (κ2) is 2.67. The Bertz CT molecular complexity index is 354. The van der Waals surface area contributed by atoms with Crippen LogP contribution in [0.15, 0.2) is 12.4 Å². The topological polar surface area (TPSA) is 78.4 Å². The lowest BCUT2D eigenvalue weighted by molar-refractivity contribution is 0.0748. The van der Waals surface area contributed by atoms with E-state index in [2.05, 4.69) is 15.3 Å². The van der Waals surface area contributed by atoms with Crippen molar-refractivity contribution in [3.63, 3.8) is 0 Å². The van der Waals surface area contributed by atoms with Gasteiger partial charge in [-0.15, -0.1) is 0 Å². The molecule has 1 amide bonds. The number of rotatable bonds is 0. The van der Waals surface area contributed by atoms with Crippen molar-refractivity contribution in [3.05, 3.63) is 18.1 Å². The minimum absolute atomic E-state index is 0.232. The molecular formula is C7H8N4O2. The van der Waals surface area contributed by atoms with Crippen molar-refractivity contribution in [1.82, 2.24) is 15.3 Å². The van der Waals surface area contributed by atoms with Crippen LogP contribution < -0.4 is 10.2 Å². The summed E-state index contributed by atoms with van der Waals surface area (Å²) in [5.74, 6) is -0.0209. The molecule has 1 unspecified atom stereocenters. The van der Waals surface area contributed by atoms with Gasteiger partial charge < -0.3 is 15.3 Å². The van der Waals surface area contributed by atoms with Crippen molar-refractivity contribution in [1.29, 1.82) is 0 Å². The number of hydrogen-bond acceptors (Lipinski definition) is 5. The summed E-state index contributed by atoms with van der Waals surface area (Å²) in [7, 11) is 1.62. The molecule has 1 aromatic rings. The fourth-order valence-electron chi connectivity index (χ4n) is 1.15. The van der Waals surface area contributed by atoms with E-state index in [4.69, 9.17) is 0 Å². The van der Waals surface area contributed by atoms with Gasteiger partial charge in [0.15, 0.2) is 11.5 Å². The molecule has 6 nitrogen and oxygen atoms in total. The molecular weight excluding hydrogens is 172 g/mol. The van der Waals surface area contributed by atoms with E-state index in [1.54, 1.807) is 7.05 Å². The zero-order valence-electron chi connectivity index (χ0n) is 6.93. The Balaban J connectivity index is 2.53. The number of carbonyl (C=O) groups excluding carboxylic acids is 1. The number of hydrogen-bond donors (Lipinski definition) is 2. The Hall–Kier alpha value is -1.69. The lowest BCUT2D eigenvalue weighted by atomic mass is 10.3. The lowest BCUT2D eigenvalue weighted by Gasteiger charge is -2.30. The molecule has 0 radical (unpaired) electrons. The molecule has 0 aliphatic carbocycles. The zero-order valence-corrected chi connectivity index (χ0v) is 6.93. The van der Waals surface area contributed by atoms with Crippen LogP contribution in [0.1, 0.15) is 10.5 Å². The van der Waals surface area contributed by atoms with E-state index in [1.165, 1.54) is 17.3 Å². The van der Waals surface area contributed by atoms with Crippen LogP contribution in [-0.4, -0.2) is 34.4 Å². The Kier molecular flexibility index (Phi) is 1.63. The van der Waals surface area contributed by atoms with E-state index in [0.717, 1.165) is 0 Å². The summed E-state index contributed by atoms with van der Waals surface area (Å²) in [5, 5.41) is 11.6. The highest BCUT2D eigenvalue weighted by Crippen LogP contribution is 2.17. The van der Waals surface area contributed by atoms with Gasteiger partial charge in [-0.25, -0.2) is 9.97 Å². The first-order valence-electron chi connectivity index (χ1n) is 3.73. The van der Waals surface area contributed by atoms with Gasteiger partial charge in [0.2, 0.25) is 6.35 Å². The maximum atomic E-state index is 11.2. The molecule has 0 spiro atoms. The second-order valence-corrected chi connectivity index (χ2v) is 2.69. The molecule has 6 heteroatoms. The quantitative estimate of drug-likeness (QED) is 0.531. The van der Waals surface area contributed by atoms with Gasteiger partial charge >= 0.3 is 0 Å². The molecule has 1 aliphatic heterocycles. The Labute approximate surface area is 74.2 Å². The number of amides is 1. The predicted octanol–water partition coefficient (Wildman–Crippen LogP) is -1.07. The highest BCUT2D eigenvalue weighted by atomic mass is 16.3. The van der Waals surface area contributed by atoms with Crippen molar-refractivity contribution in [2.45, 2.75) is 6.35 Å². The molecule has 0 saturated carbocycles. The van der Waals surface area contributed by atoms with Gasteiger partial charge in [-0.3, -0.25) is 4.79 Å². The molecule has 0 aromatic carbocycles. The van der Waals surface area contributed by atoms with Crippen molar-refractivity contribution in [2.24, 2.45) is 0 Å². The third-order valence-corrected chi connectivity index (χ3v) is 1.86. The summed E-state index contributed by atoms with van der Waals surface area (Å²) in [6, 6.07) is 0. The van der Waals surface area contributed by atoms with Crippen molar-refractivity contribution < 1.29 is 9.90 Å². The summed E-state index contributed by atoms with van der Waals surface area (Å²) in [6.45, 7) is 0. The average molecular weight is 180 g/mol. The number of aliphatic hydroxyl groups excluding tert-OH is 1. The van der Waals surface area contributed by atoms with E-state index < -0.39 is 12.3 Å². The Morgan fingerprint density at radius 3 is 3.00 bits per heavy atom. The van der Waals surface area contributed by atoms with Crippen LogP contribution >= 0.6 is 0 Å². The van der Waals surface area contributed by atoms with Gasteiger partial charge in [-0.1, -0.05) is 0 Å². The largest absolute Gasteiger partial charge is 0.356 e. The van der Waals surface area contributed by atoms with Crippen molar-refractivity contribution >= 4 is 11.7 Å². The minimum atomic E-state index is -1.03. The second-order valence-electron chi connectivity index (χ2n) is 2.69. The third kappa shape index (κ3) is 1.11. The van der Waals surface area contributed by atoms with Gasteiger partial charge in [0.1, 0.15) is 0 Å². The fourth-order valence-corrected chi connectivity index (χ4v) is 1.15. The number of anilines is 1. The SMILES string of the molecule is CN1c2nccnc2C(=O)NC1O. The molecule has 0 bridgehead atoms. The van der Waals surface area contributed by atoms with Crippen LogP contribution in [0.4, 0.5) is 5.82 Å². The highest BCUT2D eigenvalue weighted by molar-refractivity contribution is 5.98. The number of fused-ring (bicyclic) bond motifs is 1. The van der Waals surface area contributed by atoms with Crippen LogP contribution in [0.25, 0.3) is 0 Å². The van der Waals surface area contributed by atoms with Gasteiger partial charge in [-0.2, -0.15) is 0 Å². The first-order chi connectivity index (χ1) is 6.20. The maximum Gasteiger partial charge on any atom is 0.277 e. The van der Waals surface area contributed by atoms with Gasteiger partial charge in [0, 0.05) is 19.4 Å². The predicted molar refractivity (Wildman–Crippen MR) is 43.9 cm³/mol. The molecule has 2 N–H and O–H groups in total. The Morgan fingerprint density at radius 2 is 2.23 bits per heavy atom. The van der Waals surface area contributed by atoms with Gasteiger partial charge in [-0.05, 0) is 0 Å². The van der Waals surface area contributed by atoms with E-state index >= 15 is 0 Å². The molecule has 0 saturated heterocycles. The van der Waals surface area contributed by atoms with E-state index in [9.17, 15) is 9.90 Å². The molecule has 1 atom stereocenters. The summed E-state index contributed by atoms with van der Waals surface area (Å²) in [6.07, 6.45) is 1.88. The first kappa shape index (κ1) is 7.93. The van der Waals surface area contributed by atoms with Crippen LogP contribution in [0.3, 0.4) is 0 Å². The van der Waals surface area contributed by atoms with Gasteiger partial charge in [0.25, 0.3) is 5.91 Å². The maximum absolute atomic E-state index is 11.2. The van der Waals surface area contributed by atoms with Crippen LogP contribution in [-0.2, 0) is 0 Å². The van der Waals surface area contributed by atoms with Crippen LogP contribution in [0.5, 0.6) is 0 Å². The molecule has 2 rings (SSSR count). The Morgan fingerprint density at radius 1 is 1.54 bits per heavy atom. The third-order valence-electron chi connectivity index (χ3n) is 1.86. The molecule has 2 heterocycles. The van der Waals surface area contributed by atoms with Crippen LogP contribution in [0, 0.1) is 0 Å². The van der Waals surface area contributed by atoms with E-state index in [-0.39, 0.29) is 5.69 Å². The summed E-state index contributed by atoms with van der Waals surface area (Å²) < 4.78 is 0. The van der Waals surface area contributed by atoms with E-state index in [1.807, 2.05) is 0 Å². The smallest absolute Gasteiger partial charge is 0.277 e. The monoisotopic (exact) mass is 180 g/mol. The van der Waals surface area contributed by atoms with E-state index in [0.29, 0.717) is 5.82 Å². The summed E-state index contributed by atoms with van der Waals surface area (Å²) in [4.78, 5) is 20.5. The molecule has 13 heavy (non-hydrogen) atoms. The summed E-state index contributed by atoms with van der Waals surface area (Å²) in [5.41, 5.74) is 0.232. The lowest BCUT2D eigenvalue weighted by Crippen LogP contribution is -2.51. The number of carbonyl (C=O) groups is 1. The first-order valence-corrected chi connectivity index (χ1v) is 3.73. The fraction of sp³-hybridized carbons (Fsp3) is 0.286. The normalized spacial score (nSPS) is 20.9. The van der Waals surface area contributed by atoms with Crippen molar-refractivity contribution in [2.75, 3.05) is 11.9 Å². The summed E-state index contributed by atoms with van der Waals surface area (Å²) >= 11 is 0. The number of aliphatic hydroxyl groups is 1. The zero-order chi connectivity index (χ0) is 9.42. The standard InChI is InChI=1S/C7H8N4O2/c1-11-5-4(8-2-3-9-5)6(12)10-7(11)13/h2-3,7,13H,1H3,(H,10,12). The highest BCUT2D eigenvalue weighted by Gasteiger charge is 2.28. The molecule has 0 fully saturated rings. The minimum Gasteiger partial charge on any atom is -0.356 e. The average Bonchev–Trinajstić information content (AvgIpc) is 2.15. The molecule has 68 valence electrons. The molecule has 1 aromatic heterocycles. The van der Waals surface area contributed by atoms with Gasteiger partial charge in [0.05, 0.1) is 0 Å².